The van der Waals surface area contributed by atoms with Gasteiger partial charge in [0.2, 0.25) is 0 Å². The van der Waals surface area contributed by atoms with E-state index in [0.29, 0.717) is 6.54 Å². The van der Waals surface area contributed by atoms with E-state index < -0.39 is 0 Å². The molecule has 0 radical (unpaired) electrons. The summed E-state index contributed by atoms with van der Waals surface area (Å²) in [6.45, 7) is 1.50. The van der Waals surface area contributed by atoms with Gasteiger partial charge in [-0.15, -0.1) is 0 Å². The summed E-state index contributed by atoms with van der Waals surface area (Å²) in [5.74, 6) is 0.799. The first-order valence-electron chi connectivity index (χ1n) is 7.13. The van der Waals surface area contributed by atoms with Gasteiger partial charge in [-0.1, -0.05) is 0 Å². The highest BCUT2D eigenvalue weighted by atomic mass is 79.9. The number of nitrogens with one attached hydrogen (secondary N) is 2. The maximum atomic E-state index is 12.3. The Morgan fingerprint density at radius 1 is 1.29 bits per heavy atom. The molecule has 6 heteroatoms. The zero-order valence-corrected chi connectivity index (χ0v) is 13.0. The molecule has 0 unspecified atom stereocenters. The first-order chi connectivity index (χ1) is 10.2. The van der Waals surface area contributed by atoms with Crippen LogP contribution in [0.15, 0.2) is 27.7 Å². The van der Waals surface area contributed by atoms with Gasteiger partial charge in [0.15, 0.2) is 0 Å². The third-order valence-corrected chi connectivity index (χ3v) is 4.84. The van der Waals surface area contributed by atoms with Crippen LogP contribution in [0.1, 0.15) is 35.5 Å². The highest BCUT2D eigenvalue weighted by molar-refractivity contribution is 9.10. The second-order valence-electron chi connectivity index (χ2n) is 5.74. The topological polar surface area (TPSA) is 70.7 Å². The molecular formula is C15H15BrN4O. The minimum absolute atomic E-state index is 0.00330. The van der Waals surface area contributed by atoms with E-state index in [1.54, 1.807) is 6.20 Å². The Kier molecular flexibility index (Phi) is 2.97. The molecule has 3 heterocycles. The van der Waals surface area contributed by atoms with Gasteiger partial charge in [0, 0.05) is 36.4 Å². The standard InChI is InChI=1S/C15H15BrN4O/c16-10-5-9(6-18-7-10)15(2-3-15)14-19-12-1-4-17-8-11(12)13(21)20-14/h5-7,17H,1-4,8H2,(H,19,20,21). The Labute approximate surface area is 130 Å². The Morgan fingerprint density at radius 3 is 2.90 bits per heavy atom. The molecule has 2 aliphatic rings. The summed E-state index contributed by atoms with van der Waals surface area (Å²) in [4.78, 5) is 24.3. The van der Waals surface area contributed by atoms with Crippen molar-refractivity contribution in [3.05, 3.63) is 55.9 Å². The molecule has 4 rings (SSSR count). The van der Waals surface area contributed by atoms with Crippen molar-refractivity contribution in [3.8, 4) is 0 Å². The minimum atomic E-state index is -0.157. The predicted molar refractivity (Wildman–Crippen MR) is 82.2 cm³/mol. The summed E-state index contributed by atoms with van der Waals surface area (Å²) < 4.78 is 0.954. The molecule has 0 spiro atoms. The van der Waals surface area contributed by atoms with Crippen molar-refractivity contribution >= 4 is 15.9 Å². The van der Waals surface area contributed by atoms with Gasteiger partial charge in [-0.3, -0.25) is 9.78 Å². The van der Waals surface area contributed by atoms with Crippen LogP contribution in [0, 0.1) is 0 Å². The molecule has 1 aliphatic carbocycles. The van der Waals surface area contributed by atoms with Crippen LogP contribution in [0.3, 0.4) is 0 Å². The quantitative estimate of drug-likeness (QED) is 0.867. The number of aromatic amines is 1. The fourth-order valence-electron chi connectivity index (χ4n) is 3.04. The summed E-state index contributed by atoms with van der Waals surface area (Å²) in [5, 5.41) is 3.22. The molecule has 1 fully saturated rings. The highest BCUT2D eigenvalue weighted by Crippen LogP contribution is 2.52. The van der Waals surface area contributed by atoms with Gasteiger partial charge in [0.25, 0.3) is 5.56 Å². The highest BCUT2D eigenvalue weighted by Gasteiger charge is 2.49. The SMILES string of the molecule is O=c1[nH]c(C2(c3cncc(Br)c3)CC2)nc2c1CNCC2. The van der Waals surface area contributed by atoms with Crippen molar-refractivity contribution < 1.29 is 0 Å². The normalized spacial score (nSPS) is 19.1. The van der Waals surface area contributed by atoms with E-state index in [1.165, 1.54) is 0 Å². The van der Waals surface area contributed by atoms with E-state index in [2.05, 4.69) is 37.3 Å². The summed E-state index contributed by atoms with van der Waals surface area (Å²) in [6, 6.07) is 2.07. The first-order valence-corrected chi connectivity index (χ1v) is 7.93. The van der Waals surface area contributed by atoms with Crippen LogP contribution in [0.4, 0.5) is 0 Å². The minimum Gasteiger partial charge on any atom is -0.312 e. The average molecular weight is 347 g/mol. The third kappa shape index (κ3) is 2.13. The predicted octanol–water partition coefficient (Wildman–Crippen LogP) is 1.65. The van der Waals surface area contributed by atoms with Gasteiger partial charge >= 0.3 is 0 Å². The number of rotatable bonds is 2. The second-order valence-corrected chi connectivity index (χ2v) is 6.66. The summed E-state index contributed by atoms with van der Waals surface area (Å²) >= 11 is 3.47. The molecule has 0 amide bonds. The molecule has 1 aliphatic heterocycles. The lowest BCUT2D eigenvalue weighted by Crippen LogP contribution is -2.33. The second kappa shape index (κ2) is 4.74. The molecule has 2 N–H and O–H groups in total. The van der Waals surface area contributed by atoms with E-state index in [9.17, 15) is 4.79 Å². The van der Waals surface area contributed by atoms with E-state index in [0.717, 1.165) is 52.9 Å². The van der Waals surface area contributed by atoms with Crippen molar-refractivity contribution in [1.82, 2.24) is 20.3 Å². The number of fused-ring (bicyclic) bond motifs is 1. The first kappa shape index (κ1) is 13.2. The average Bonchev–Trinajstić information content (AvgIpc) is 3.29. The van der Waals surface area contributed by atoms with Crippen LogP contribution in [-0.4, -0.2) is 21.5 Å². The van der Waals surface area contributed by atoms with Gasteiger partial charge in [0.1, 0.15) is 5.82 Å². The van der Waals surface area contributed by atoms with Gasteiger partial charge in [-0.2, -0.15) is 0 Å². The number of hydrogen-bond donors (Lipinski definition) is 2. The van der Waals surface area contributed by atoms with Gasteiger partial charge in [-0.25, -0.2) is 4.98 Å². The van der Waals surface area contributed by atoms with Crippen LogP contribution in [-0.2, 0) is 18.4 Å². The number of H-pyrrole nitrogens is 1. The van der Waals surface area contributed by atoms with Crippen LogP contribution >= 0.6 is 15.9 Å². The molecule has 0 saturated heterocycles. The lowest BCUT2D eigenvalue weighted by Gasteiger charge is -2.20. The van der Waals surface area contributed by atoms with Crippen molar-refractivity contribution in [2.75, 3.05) is 6.54 Å². The lowest BCUT2D eigenvalue weighted by molar-refractivity contribution is 0.604. The number of nitrogens with zero attached hydrogens (tertiary/aromatic N) is 2. The Bertz CT molecular complexity index is 767. The maximum absolute atomic E-state index is 12.3. The summed E-state index contributed by atoms with van der Waals surface area (Å²) in [6.07, 6.45) is 6.47. The Hall–Kier alpha value is -1.53. The monoisotopic (exact) mass is 346 g/mol. The lowest BCUT2D eigenvalue weighted by atomic mass is 9.96. The van der Waals surface area contributed by atoms with Gasteiger partial charge in [-0.05, 0) is 40.4 Å². The van der Waals surface area contributed by atoms with Crippen LogP contribution < -0.4 is 10.9 Å². The fraction of sp³-hybridized carbons (Fsp3) is 0.400. The van der Waals surface area contributed by atoms with E-state index in [-0.39, 0.29) is 11.0 Å². The van der Waals surface area contributed by atoms with Crippen LogP contribution in [0.2, 0.25) is 0 Å². The number of hydrogen-bond acceptors (Lipinski definition) is 4. The van der Waals surface area contributed by atoms with Crippen molar-refractivity contribution in [2.45, 2.75) is 31.2 Å². The zero-order chi connectivity index (χ0) is 14.4. The number of halogens is 1. The number of pyridine rings is 1. The molecule has 21 heavy (non-hydrogen) atoms. The van der Waals surface area contributed by atoms with Crippen molar-refractivity contribution in [3.63, 3.8) is 0 Å². The summed E-state index contributed by atoms with van der Waals surface area (Å²) in [7, 11) is 0. The van der Waals surface area contributed by atoms with Crippen LogP contribution in [0.25, 0.3) is 0 Å². The molecule has 5 nitrogen and oxygen atoms in total. The zero-order valence-electron chi connectivity index (χ0n) is 11.4. The molecule has 2 aromatic rings. The molecule has 0 atom stereocenters. The third-order valence-electron chi connectivity index (χ3n) is 4.40. The molecule has 0 aromatic carbocycles. The molecule has 108 valence electrons. The van der Waals surface area contributed by atoms with Crippen molar-refractivity contribution in [2.24, 2.45) is 0 Å². The molecule has 2 aromatic heterocycles. The van der Waals surface area contributed by atoms with Gasteiger partial charge in [0.05, 0.1) is 16.7 Å². The smallest absolute Gasteiger partial charge is 0.255 e. The Balaban J connectivity index is 1.83. The number of aromatic nitrogens is 3. The molecular weight excluding hydrogens is 332 g/mol. The van der Waals surface area contributed by atoms with Gasteiger partial charge < -0.3 is 10.3 Å². The summed E-state index contributed by atoms with van der Waals surface area (Å²) in [5.41, 5.74) is 2.69. The maximum Gasteiger partial charge on any atom is 0.255 e. The van der Waals surface area contributed by atoms with E-state index in [4.69, 9.17) is 4.98 Å². The largest absolute Gasteiger partial charge is 0.312 e. The van der Waals surface area contributed by atoms with E-state index in [1.807, 2.05) is 6.20 Å². The van der Waals surface area contributed by atoms with E-state index >= 15 is 0 Å². The molecule has 1 saturated carbocycles. The fourth-order valence-corrected chi connectivity index (χ4v) is 3.41. The Morgan fingerprint density at radius 2 is 2.14 bits per heavy atom. The van der Waals surface area contributed by atoms with Crippen molar-refractivity contribution in [1.29, 1.82) is 0 Å². The van der Waals surface area contributed by atoms with Crippen LogP contribution in [0.5, 0.6) is 0 Å². The molecule has 0 bridgehead atoms.